The molecule has 0 aromatic heterocycles. The van der Waals surface area contributed by atoms with Crippen molar-refractivity contribution in [2.45, 2.75) is 25.8 Å². The van der Waals surface area contributed by atoms with Crippen LogP contribution in [0.3, 0.4) is 0 Å². The van der Waals surface area contributed by atoms with Gasteiger partial charge in [-0.3, -0.25) is 5.43 Å². The maximum absolute atomic E-state index is 3.37. The van der Waals surface area contributed by atoms with Gasteiger partial charge in [0.1, 0.15) is 0 Å². The Bertz CT molecular complexity index is 334. The molecule has 1 heterocycles. The van der Waals surface area contributed by atoms with Gasteiger partial charge in [0.25, 0.3) is 0 Å². The standard InChI is InChI=1S/C14H23N3/c1-3-4-11-5-7-12(8-6-11)14-13(9-15-2)10-16-17-14/h5-8,13-17H,3-4,9-10H2,1-2H3. The number of benzene rings is 1. The van der Waals surface area contributed by atoms with E-state index in [4.69, 9.17) is 0 Å². The van der Waals surface area contributed by atoms with Crippen molar-refractivity contribution >= 4 is 0 Å². The molecule has 0 saturated carbocycles. The fraction of sp³-hybridized carbons (Fsp3) is 0.571. The molecule has 0 aliphatic carbocycles. The predicted molar refractivity (Wildman–Crippen MR) is 71.7 cm³/mol. The third-order valence-corrected chi connectivity index (χ3v) is 3.44. The van der Waals surface area contributed by atoms with E-state index in [1.165, 1.54) is 24.0 Å². The monoisotopic (exact) mass is 233 g/mol. The molecule has 0 bridgehead atoms. The minimum absolute atomic E-state index is 0.429. The lowest BCUT2D eigenvalue weighted by Gasteiger charge is -2.18. The zero-order valence-electron chi connectivity index (χ0n) is 10.8. The highest BCUT2D eigenvalue weighted by Crippen LogP contribution is 2.24. The molecule has 1 saturated heterocycles. The van der Waals surface area contributed by atoms with Crippen LogP contribution in [0.2, 0.25) is 0 Å². The van der Waals surface area contributed by atoms with E-state index in [0.29, 0.717) is 12.0 Å². The second-order valence-corrected chi connectivity index (χ2v) is 4.81. The summed E-state index contributed by atoms with van der Waals surface area (Å²) in [6.45, 7) is 4.29. The zero-order valence-corrected chi connectivity index (χ0v) is 10.8. The second kappa shape index (κ2) is 6.15. The molecule has 0 spiro atoms. The molecule has 1 aromatic carbocycles. The van der Waals surface area contributed by atoms with Crippen molar-refractivity contribution in [3.63, 3.8) is 0 Å². The quantitative estimate of drug-likeness (QED) is 0.723. The van der Waals surface area contributed by atoms with Gasteiger partial charge in [0, 0.05) is 19.0 Å². The summed E-state index contributed by atoms with van der Waals surface area (Å²) in [7, 11) is 2.01. The highest BCUT2D eigenvalue weighted by molar-refractivity contribution is 5.26. The zero-order chi connectivity index (χ0) is 12.1. The highest BCUT2D eigenvalue weighted by atomic mass is 15.4. The summed E-state index contributed by atoms with van der Waals surface area (Å²) in [5.41, 5.74) is 9.45. The molecule has 2 rings (SSSR count). The molecule has 1 fully saturated rings. The number of hydrazine groups is 1. The molecular formula is C14H23N3. The lowest BCUT2D eigenvalue weighted by Crippen LogP contribution is -2.27. The van der Waals surface area contributed by atoms with Crippen molar-refractivity contribution in [1.29, 1.82) is 0 Å². The van der Waals surface area contributed by atoms with Gasteiger partial charge in [-0.1, -0.05) is 37.6 Å². The van der Waals surface area contributed by atoms with Crippen molar-refractivity contribution in [2.75, 3.05) is 20.1 Å². The maximum Gasteiger partial charge on any atom is 0.0515 e. The Hall–Kier alpha value is -0.900. The third-order valence-electron chi connectivity index (χ3n) is 3.44. The van der Waals surface area contributed by atoms with E-state index in [1.807, 2.05) is 7.05 Å². The van der Waals surface area contributed by atoms with Crippen LogP contribution in [0, 0.1) is 5.92 Å². The molecule has 94 valence electrons. The van der Waals surface area contributed by atoms with E-state index in [1.54, 1.807) is 0 Å². The summed E-state index contributed by atoms with van der Waals surface area (Å²) in [5.74, 6) is 0.622. The molecule has 1 aliphatic rings. The van der Waals surface area contributed by atoms with Crippen LogP contribution >= 0.6 is 0 Å². The molecule has 2 atom stereocenters. The minimum atomic E-state index is 0.429. The minimum Gasteiger partial charge on any atom is -0.319 e. The van der Waals surface area contributed by atoms with Crippen molar-refractivity contribution in [3.8, 4) is 0 Å². The van der Waals surface area contributed by atoms with Gasteiger partial charge < -0.3 is 5.32 Å². The van der Waals surface area contributed by atoms with Gasteiger partial charge in [-0.2, -0.15) is 0 Å². The smallest absolute Gasteiger partial charge is 0.0515 e. The number of rotatable bonds is 5. The molecule has 0 radical (unpaired) electrons. The van der Waals surface area contributed by atoms with E-state index in [0.717, 1.165) is 13.1 Å². The van der Waals surface area contributed by atoms with Crippen LogP contribution < -0.4 is 16.2 Å². The van der Waals surface area contributed by atoms with Gasteiger partial charge in [0.2, 0.25) is 0 Å². The SMILES string of the molecule is CCCc1ccc(C2NNCC2CNC)cc1. The second-order valence-electron chi connectivity index (χ2n) is 4.81. The molecule has 3 heteroatoms. The van der Waals surface area contributed by atoms with E-state index in [2.05, 4.69) is 47.4 Å². The Morgan fingerprint density at radius 3 is 2.71 bits per heavy atom. The van der Waals surface area contributed by atoms with Crippen molar-refractivity contribution in [2.24, 2.45) is 5.92 Å². The normalized spacial score (nSPS) is 24.1. The van der Waals surface area contributed by atoms with Gasteiger partial charge in [-0.05, 0) is 24.6 Å². The molecule has 17 heavy (non-hydrogen) atoms. The first-order chi connectivity index (χ1) is 8.35. The van der Waals surface area contributed by atoms with Crippen LogP contribution in [-0.4, -0.2) is 20.1 Å². The van der Waals surface area contributed by atoms with Crippen molar-refractivity contribution < 1.29 is 0 Å². The summed E-state index contributed by atoms with van der Waals surface area (Å²) >= 11 is 0. The predicted octanol–water partition coefficient (Wildman–Crippen LogP) is 1.62. The van der Waals surface area contributed by atoms with Crippen molar-refractivity contribution in [1.82, 2.24) is 16.2 Å². The Morgan fingerprint density at radius 1 is 1.29 bits per heavy atom. The molecule has 3 nitrogen and oxygen atoms in total. The summed E-state index contributed by atoms with van der Waals surface area (Å²) in [5, 5.41) is 3.26. The number of hydrogen-bond donors (Lipinski definition) is 3. The van der Waals surface area contributed by atoms with E-state index >= 15 is 0 Å². The summed E-state index contributed by atoms with van der Waals surface area (Å²) in [6.07, 6.45) is 2.39. The first-order valence-corrected chi connectivity index (χ1v) is 6.57. The Labute approximate surface area is 104 Å². The average Bonchev–Trinajstić information content (AvgIpc) is 2.79. The Balaban J connectivity index is 2.05. The maximum atomic E-state index is 3.37. The number of aryl methyl sites for hydroxylation is 1. The Morgan fingerprint density at radius 2 is 2.06 bits per heavy atom. The molecule has 0 amide bonds. The van der Waals surface area contributed by atoms with Gasteiger partial charge >= 0.3 is 0 Å². The van der Waals surface area contributed by atoms with Crippen LogP contribution in [0.25, 0.3) is 0 Å². The fourth-order valence-electron chi connectivity index (χ4n) is 2.52. The van der Waals surface area contributed by atoms with Gasteiger partial charge in [-0.15, -0.1) is 0 Å². The first kappa shape index (κ1) is 12.6. The third kappa shape index (κ3) is 3.06. The summed E-state index contributed by atoms with van der Waals surface area (Å²) < 4.78 is 0. The first-order valence-electron chi connectivity index (χ1n) is 6.57. The van der Waals surface area contributed by atoms with Gasteiger partial charge in [0.15, 0.2) is 0 Å². The largest absolute Gasteiger partial charge is 0.319 e. The molecule has 1 aromatic rings. The molecule has 1 aliphatic heterocycles. The average molecular weight is 233 g/mol. The molecule has 2 unspecified atom stereocenters. The van der Waals surface area contributed by atoms with Gasteiger partial charge in [0.05, 0.1) is 6.04 Å². The Kier molecular flexibility index (Phi) is 4.54. The van der Waals surface area contributed by atoms with Crippen LogP contribution in [0.4, 0.5) is 0 Å². The highest BCUT2D eigenvalue weighted by Gasteiger charge is 2.27. The van der Waals surface area contributed by atoms with Gasteiger partial charge in [-0.25, -0.2) is 5.43 Å². The van der Waals surface area contributed by atoms with E-state index in [9.17, 15) is 0 Å². The van der Waals surface area contributed by atoms with E-state index < -0.39 is 0 Å². The van der Waals surface area contributed by atoms with Crippen LogP contribution in [0.15, 0.2) is 24.3 Å². The lowest BCUT2D eigenvalue weighted by atomic mass is 9.94. The topological polar surface area (TPSA) is 36.1 Å². The van der Waals surface area contributed by atoms with Crippen LogP contribution in [0.1, 0.15) is 30.5 Å². The fourth-order valence-corrected chi connectivity index (χ4v) is 2.52. The summed E-state index contributed by atoms with van der Waals surface area (Å²) in [6, 6.07) is 9.47. The number of hydrogen-bond acceptors (Lipinski definition) is 3. The van der Waals surface area contributed by atoms with Crippen LogP contribution in [0.5, 0.6) is 0 Å². The number of nitrogens with one attached hydrogen (secondary N) is 3. The van der Waals surface area contributed by atoms with Crippen LogP contribution in [-0.2, 0) is 6.42 Å². The summed E-state index contributed by atoms with van der Waals surface area (Å²) in [4.78, 5) is 0. The lowest BCUT2D eigenvalue weighted by molar-refractivity contribution is 0.457. The van der Waals surface area contributed by atoms with E-state index in [-0.39, 0.29) is 0 Å². The molecule has 3 N–H and O–H groups in total. The molecular weight excluding hydrogens is 210 g/mol. The van der Waals surface area contributed by atoms with Crippen molar-refractivity contribution in [3.05, 3.63) is 35.4 Å².